The maximum atomic E-state index is 10.4. The van der Waals surface area contributed by atoms with Crippen molar-refractivity contribution in [3.05, 3.63) is 35.4 Å². The van der Waals surface area contributed by atoms with E-state index in [0.29, 0.717) is 6.42 Å². The largest absolute Gasteiger partial charge is 0.394 e. The monoisotopic (exact) mass is 276 g/mol. The zero-order valence-electron chi connectivity index (χ0n) is 10.8. The van der Waals surface area contributed by atoms with E-state index >= 15 is 0 Å². The van der Waals surface area contributed by atoms with Gasteiger partial charge in [-0.1, -0.05) is 24.0 Å². The Kier molecular flexibility index (Phi) is 4.88. The molecule has 2 rings (SSSR count). The van der Waals surface area contributed by atoms with Gasteiger partial charge < -0.3 is 24.9 Å². The molecule has 0 bridgehead atoms. The third-order valence-electron chi connectivity index (χ3n) is 3.17. The number of aliphatic hydroxyl groups is 3. The van der Waals surface area contributed by atoms with Gasteiger partial charge in [0.15, 0.2) is 0 Å². The fourth-order valence-corrected chi connectivity index (χ4v) is 1.99. The molecule has 3 N–H and O–H groups in total. The van der Waals surface area contributed by atoms with Crippen molar-refractivity contribution in [1.29, 1.82) is 0 Å². The molecule has 4 atom stereocenters. The predicted molar refractivity (Wildman–Crippen MR) is 70.8 cm³/mol. The van der Waals surface area contributed by atoms with Gasteiger partial charge in [0, 0.05) is 12.0 Å². The summed E-state index contributed by atoms with van der Waals surface area (Å²) in [4.78, 5) is 10.4. The molecule has 0 aliphatic carbocycles. The number of aliphatic hydroxyl groups excluding tert-OH is 3. The van der Waals surface area contributed by atoms with E-state index in [9.17, 15) is 15.0 Å². The number of rotatable bonds is 3. The molecule has 1 aromatic rings. The summed E-state index contributed by atoms with van der Waals surface area (Å²) < 4.78 is 5.25. The molecule has 0 amide bonds. The number of aldehydes is 1. The Hall–Kier alpha value is -1.71. The third-order valence-corrected chi connectivity index (χ3v) is 3.17. The minimum Gasteiger partial charge on any atom is -0.394 e. The summed E-state index contributed by atoms with van der Waals surface area (Å²) in [5, 5.41) is 28.3. The second-order valence-corrected chi connectivity index (χ2v) is 4.60. The molecule has 5 nitrogen and oxygen atoms in total. The van der Waals surface area contributed by atoms with Gasteiger partial charge >= 0.3 is 0 Å². The first-order chi connectivity index (χ1) is 9.65. The predicted octanol–water partition coefficient (Wildman–Crippen LogP) is -0.739. The summed E-state index contributed by atoms with van der Waals surface area (Å²) in [7, 11) is 0. The number of carbonyl (C=O) groups is 1. The molecule has 106 valence electrons. The highest BCUT2D eigenvalue weighted by Crippen LogP contribution is 2.20. The van der Waals surface area contributed by atoms with Crippen LogP contribution in [0.25, 0.3) is 0 Å². The Balaban J connectivity index is 2.05. The van der Waals surface area contributed by atoms with Crippen molar-refractivity contribution in [3.8, 4) is 11.8 Å². The summed E-state index contributed by atoms with van der Waals surface area (Å²) >= 11 is 0. The lowest BCUT2D eigenvalue weighted by molar-refractivity contribution is -0.107. The molecule has 0 unspecified atom stereocenters. The fourth-order valence-electron chi connectivity index (χ4n) is 1.99. The van der Waals surface area contributed by atoms with Crippen LogP contribution in [0.5, 0.6) is 0 Å². The van der Waals surface area contributed by atoms with Crippen LogP contribution in [0.4, 0.5) is 0 Å². The summed E-state index contributed by atoms with van der Waals surface area (Å²) in [6.45, 7) is -0.364. The van der Waals surface area contributed by atoms with Gasteiger partial charge in [-0.15, -0.1) is 0 Å². The Bertz CT molecular complexity index is 513. The second kappa shape index (κ2) is 6.64. The molecular weight excluding hydrogens is 260 g/mol. The average Bonchev–Trinajstić information content (AvgIpc) is 2.74. The van der Waals surface area contributed by atoms with Crippen LogP contribution in [0.1, 0.15) is 11.1 Å². The smallest absolute Gasteiger partial charge is 0.147 e. The van der Waals surface area contributed by atoms with Crippen LogP contribution in [0.2, 0.25) is 0 Å². The minimum absolute atomic E-state index is 0.364. The van der Waals surface area contributed by atoms with E-state index in [2.05, 4.69) is 11.8 Å². The van der Waals surface area contributed by atoms with Crippen LogP contribution in [0.15, 0.2) is 24.3 Å². The van der Waals surface area contributed by atoms with Gasteiger partial charge in [0.05, 0.1) is 6.61 Å². The van der Waals surface area contributed by atoms with Crippen LogP contribution in [0, 0.1) is 11.8 Å². The van der Waals surface area contributed by atoms with Crippen molar-refractivity contribution < 1.29 is 24.9 Å². The highest BCUT2D eigenvalue weighted by Gasteiger charge is 2.41. The SMILES string of the molecule is O=CCc1ccc(C#C[C@H]2O[C@H](CO)[C@@H](O)[C@@H]2O)cc1. The van der Waals surface area contributed by atoms with E-state index in [0.717, 1.165) is 17.4 Å². The number of hydrogen-bond acceptors (Lipinski definition) is 5. The Morgan fingerprint density at radius 3 is 2.45 bits per heavy atom. The first-order valence-electron chi connectivity index (χ1n) is 6.32. The van der Waals surface area contributed by atoms with Gasteiger partial charge in [-0.2, -0.15) is 0 Å². The Morgan fingerprint density at radius 1 is 1.20 bits per heavy atom. The third kappa shape index (κ3) is 3.24. The standard InChI is InChI=1S/C15H16O5/c16-8-7-11-3-1-10(2-4-11)5-6-12-14(18)15(19)13(9-17)20-12/h1-4,8,12-15,17-19H,7,9H2/t12-,13-,14-,15-/m1/s1. The van der Waals surface area contributed by atoms with Crippen LogP contribution in [-0.2, 0) is 16.0 Å². The molecule has 1 aliphatic heterocycles. The summed E-state index contributed by atoms with van der Waals surface area (Å²) in [6, 6.07) is 7.14. The van der Waals surface area contributed by atoms with Gasteiger partial charge in [-0.25, -0.2) is 0 Å². The molecule has 1 aromatic carbocycles. The summed E-state index contributed by atoms with van der Waals surface area (Å²) in [5.74, 6) is 5.57. The maximum absolute atomic E-state index is 10.4. The molecule has 1 saturated heterocycles. The van der Waals surface area contributed by atoms with Gasteiger partial charge in [0.1, 0.15) is 30.7 Å². The van der Waals surface area contributed by atoms with E-state index in [1.54, 1.807) is 24.3 Å². The van der Waals surface area contributed by atoms with Gasteiger partial charge in [0.25, 0.3) is 0 Å². The van der Waals surface area contributed by atoms with E-state index in [-0.39, 0.29) is 6.61 Å². The summed E-state index contributed by atoms with van der Waals surface area (Å²) in [5.41, 5.74) is 1.62. The van der Waals surface area contributed by atoms with E-state index in [1.807, 2.05) is 0 Å². The van der Waals surface area contributed by atoms with Crippen LogP contribution >= 0.6 is 0 Å². The number of carbonyl (C=O) groups excluding carboxylic acids is 1. The Labute approximate surface area is 116 Å². The highest BCUT2D eigenvalue weighted by molar-refractivity contribution is 5.55. The molecule has 20 heavy (non-hydrogen) atoms. The average molecular weight is 276 g/mol. The quantitative estimate of drug-likeness (QED) is 0.500. The fraction of sp³-hybridized carbons (Fsp3) is 0.400. The van der Waals surface area contributed by atoms with Crippen LogP contribution in [-0.4, -0.2) is 52.6 Å². The molecule has 0 spiro atoms. The minimum atomic E-state index is -1.13. The van der Waals surface area contributed by atoms with E-state index in [1.165, 1.54) is 0 Å². The summed E-state index contributed by atoms with van der Waals surface area (Å²) in [6.07, 6.45) is -2.69. The first-order valence-corrected chi connectivity index (χ1v) is 6.32. The molecular formula is C15H16O5. The molecule has 1 heterocycles. The van der Waals surface area contributed by atoms with Gasteiger partial charge in [-0.05, 0) is 17.7 Å². The first kappa shape index (κ1) is 14.7. The zero-order chi connectivity index (χ0) is 14.5. The molecule has 1 fully saturated rings. The zero-order valence-corrected chi connectivity index (χ0v) is 10.8. The molecule has 0 saturated carbocycles. The lowest BCUT2D eigenvalue weighted by Gasteiger charge is -2.09. The van der Waals surface area contributed by atoms with Gasteiger partial charge in [0.2, 0.25) is 0 Å². The van der Waals surface area contributed by atoms with Crippen molar-refractivity contribution >= 4 is 6.29 Å². The number of benzene rings is 1. The molecule has 0 aromatic heterocycles. The second-order valence-electron chi connectivity index (χ2n) is 4.60. The maximum Gasteiger partial charge on any atom is 0.147 e. The van der Waals surface area contributed by atoms with Crippen molar-refractivity contribution in [2.75, 3.05) is 6.61 Å². The molecule has 5 heteroatoms. The topological polar surface area (TPSA) is 87.0 Å². The highest BCUT2D eigenvalue weighted by atomic mass is 16.6. The normalized spacial score (nSPS) is 28.8. The van der Waals surface area contributed by atoms with Crippen molar-refractivity contribution in [3.63, 3.8) is 0 Å². The van der Waals surface area contributed by atoms with E-state index in [4.69, 9.17) is 9.84 Å². The Morgan fingerprint density at radius 2 is 1.90 bits per heavy atom. The lowest BCUT2D eigenvalue weighted by Crippen LogP contribution is -2.33. The van der Waals surface area contributed by atoms with Crippen molar-refractivity contribution in [2.45, 2.75) is 30.8 Å². The molecule has 0 radical (unpaired) electrons. The number of ether oxygens (including phenoxy) is 1. The van der Waals surface area contributed by atoms with Crippen molar-refractivity contribution in [1.82, 2.24) is 0 Å². The van der Waals surface area contributed by atoms with Crippen molar-refractivity contribution in [2.24, 2.45) is 0 Å². The number of hydrogen-bond donors (Lipinski definition) is 3. The van der Waals surface area contributed by atoms with Crippen LogP contribution in [0.3, 0.4) is 0 Å². The van der Waals surface area contributed by atoms with Crippen LogP contribution < -0.4 is 0 Å². The molecule has 1 aliphatic rings. The van der Waals surface area contributed by atoms with Gasteiger partial charge in [-0.3, -0.25) is 0 Å². The van der Waals surface area contributed by atoms with E-state index < -0.39 is 24.4 Å². The lowest BCUT2D eigenvalue weighted by atomic mass is 10.1.